The first-order valence-electron chi connectivity index (χ1n) is 13.0. The molecule has 0 aliphatic heterocycles. The minimum atomic E-state index is -5.15. The SMILES string of the molecule is CC(C)(C)OC(=O)N(Cc1ccccc1)S(=O)(=O)NC(c1cn(Cc2ccc(Cl)cc2)c2cc(C#N)ccc12)C(F)(F)F. The third-order valence-electron chi connectivity index (χ3n) is 6.27. The van der Waals surface area contributed by atoms with Gasteiger partial charge in [0.25, 0.3) is 0 Å². The highest BCUT2D eigenvalue weighted by molar-refractivity contribution is 7.87. The van der Waals surface area contributed by atoms with E-state index >= 15 is 0 Å². The number of rotatable bonds is 8. The van der Waals surface area contributed by atoms with Crippen LogP contribution in [0.1, 0.15) is 49.1 Å². The summed E-state index contributed by atoms with van der Waals surface area (Å²) in [5, 5.41) is 9.98. The molecule has 0 spiro atoms. The van der Waals surface area contributed by atoms with Crippen LogP contribution < -0.4 is 4.72 Å². The highest BCUT2D eigenvalue weighted by Gasteiger charge is 2.47. The maximum atomic E-state index is 14.7. The van der Waals surface area contributed by atoms with Crippen molar-refractivity contribution in [1.82, 2.24) is 13.6 Å². The minimum Gasteiger partial charge on any atom is -0.443 e. The summed E-state index contributed by atoms with van der Waals surface area (Å²) in [5.41, 5.74) is 0.0133. The number of hydrogen-bond donors (Lipinski definition) is 1. The predicted molar refractivity (Wildman–Crippen MR) is 156 cm³/mol. The van der Waals surface area contributed by atoms with Crippen LogP contribution in [0.4, 0.5) is 18.0 Å². The smallest absolute Gasteiger partial charge is 0.425 e. The van der Waals surface area contributed by atoms with Crippen LogP contribution in [0.5, 0.6) is 0 Å². The third kappa shape index (κ3) is 7.87. The van der Waals surface area contributed by atoms with E-state index in [1.54, 1.807) is 47.2 Å². The highest BCUT2D eigenvalue weighted by atomic mass is 35.5. The number of amides is 1. The molecule has 1 heterocycles. The van der Waals surface area contributed by atoms with Crippen molar-refractivity contribution in [2.45, 2.75) is 51.7 Å². The second kappa shape index (κ2) is 12.3. The van der Waals surface area contributed by atoms with Crippen LogP contribution in [0.25, 0.3) is 10.9 Å². The number of fused-ring (bicyclic) bond motifs is 1. The van der Waals surface area contributed by atoms with Gasteiger partial charge in [-0.25, -0.2) is 4.79 Å². The maximum absolute atomic E-state index is 14.7. The van der Waals surface area contributed by atoms with E-state index < -0.39 is 46.2 Å². The summed E-state index contributed by atoms with van der Waals surface area (Å²) >= 11 is 5.97. The van der Waals surface area contributed by atoms with Crippen LogP contribution in [0.15, 0.2) is 79.0 Å². The first kappa shape index (κ1) is 31.9. The van der Waals surface area contributed by atoms with Crippen LogP contribution in [0.2, 0.25) is 5.02 Å². The molecule has 0 aliphatic carbocycles. The van der Waals surface area contributed by atoms with E-state index in [4.69, 9.17) is 16.3 Å². The van der Waals surface area contributed by atoms with Crippen molar-refractivity contribution in [2.75, 3.05) is 0 Å². The summed E-state index contributed by atoms with van der Waals surface area (Å²) in [5.74, 6) is 0. The average molecular weight is 633 g/mol. The zero-order valence-corrected chi connectivity index (χ0v) is 25.0. The number of halogens is 4. The first-order chi connectivity index (χ1) is 20.1. The third-order valence-corrected chi connectivity index (χ3v) is 7.91. The van der Waals surface area contributed by atoms with Crippen molar-refractivity contribution < 1.29 is 31.1 Å². The van der Waals surface area contributed by atoms with Crippen LogP contribution in [-0.2, 0) is 28.0 Å². The zero-order valence-electron chi connectivity index (χ0n) is 23.4. The Morgan fingerprint density at radius 2 is 1.70 bits per heavy atom. The molecule has 1 amide bonds. The van der Waals surface area contributed by atoms with Crippen LogP contribution in [-0.4, -0.2) is 35.2 Å². The lowest BCUT2D eigenvalue weighted by Gasteiger charge is -2.29. The summed E-state index contributed by atoms with van der Waals surface area (Å²) in [4.78, 5) is 13.1. The number of benzene rings is 3. The normalized spacial score (nSPS) is 13.0. The predicted octanol–water partition coefficient (Wildman–Crippen LogP) is 7.09. The quantitative estimate of drug-likeness (QED) is 0.223. The lowest BCUT2D eigenvalue weighted by atomic mass is 10.0. The molecule has 0 radical (unpaired) electrons. The fraction of sp³-hybridized carbons (Fsp3) is 0.267. The molecule has 43 heavy (non-hydrogen) atoms. The van der Waals surface area contributed by atoms with Gasteiger partial charge in [-0.1, -0.05) is 60.1 Å². The van der Waals surface area contributed by atoms with Crippen molar-refractivity contribution in [2.24, 2.45) is 0 Å². The number of nitrogens with zero attached hydrogens (tertiary/aromatic N) is 3. The van der Waals surface area contributed by atoms with Gasteiger partial charge in [-0.15, -0.1) is 0 Å². The number of nitriles is 1. The Balaban J connectivity index is 1.81. The molecular formula is C30H28ClF3N4O4S. The second-order valence-electron chi connectivity index (χ2n) is 10.8. The molecule has 1 unspecified atom stereocenters. The Bertz CT molecular complexity index is 1760. The lowest BCUT2D eigenvalue weighted by molar-refractivity contribution is -0.153. The molecule has 1 N–H and O–H groups in total. The van der Waals surface area contributed by atoms with Gasteiger partial charge in [0.2, 0.25) is 0 Å². The van der Waals surface area contributed by atoms with Gasteiger partial charge in [0.1, 0.15) is 11.6 Å². The van der Waals surface area contributed by atoms with Gasteiger partial charge < -0.3 is 9.30 Å². The minimum absolute atomic E-state index is 0.0739. The molecule has 0 saturated carbocycles. The molecule has 13 heteroatoms. The van der Waals surface area contributed by atoms with E-state index in [1.165, 1.54) is 61.9 Å². The van der Waals surface area contributed by atoms with E-state index in [0.29, 0.717) is 16.1 Å². The zero-order chi connectivity index (χ0) is 31.6. The number of hydrogen-bond acceptors (Lipinski definition) is 5. The number of alkyl halides is 3. The van der Waals surface area contributed by atoms with Gasteiger partial charge in [0.15, 0.2) is 0 Å². The van der Waals surface area contributed by atoms with Crippen molar-refractivity contribution in [3.63, 3.8) is 0 Å². The Kier molecular flexibility index (Phi) is 9.11. The molecule has 226 valence electrons. The summed E-state index contributed by atoms with van der Waals surface area (Å²) in [6.07, 6.45) is -5.27. The van der Waals surface area contributed by atoms with Crippen molar-refractivity contribution in [3.8, 4) is 6.07 Å². The van der Waals surface area contributed by atoms with E-state index in [0.717, 1.165) is 0 Å². The fourth-order valence-electron chi connectivity index (χ4n) is 4.37. The van der Waals surface area contributed by atoms with Crippen molar-refractivity contribution in [3.05, 3.63) is 106 Å². The van der Waals surface area contributed by atoms with E-state index in [2.05, 4.69) is 0 Å². The number of carbonyl (C=O) groups is 1. The Morgan fingerprint density at radius 3 is 2.28 bits per heavy atom. The number of ether oxygens (including phenoxy) is 1. The maximum Gasteiger partial charge on any atom is 0.425 e. The fourth-order valence-corrected chi connectivity index (χ4v) is 5.73. The monoisotopic (exact) mass is 632 g/mol. The van der Waals surface area contributed by atoms with Crippen molar-refractivity contribution >= 4 is 38.8 Å². The van der Waals surface area contributed by atoms with Crippen LogP contribution in [0.3, 0.4) is 0 Å². The van der Waals surface area contributed by atoms with Gasteiger partial charge in [0.05, 0.1) is 18.2 Å². The van der Waals surface area contributed by atoms with Gasteiger partial charge in [-0.2, -0.15) is 35.9 Å². The number of nitrogens with one attached hydrogen (secondary N) is 1. The summed E-state index contributed by atoms with van der Waals surface area (Å²) in [7, 11) is -5.15. The van der Waals surface area contributed by atoms with Crippen molar-refractivity contribution in [1.29, 1.82) is 5.26 Å². The lowest BCUT2D eigenvalue weighted by Crippen LogP contribution is -2.49. The molecule has 0 bridgehead atoms. The molecule has 0 aliphatic rings. The standard InChI is InChI=1S/C30H28ClF3N4O4S/c1-29(2,3)42-28(39)38(18-20-7-5-4-6-8-20)43(40,41)36-27(30(32,33)34)25-19-37(17-21-9-12-23(31)13-10-21)26-15-22(16-35)11-14-24(25)26/h4-15,19,27,36H,17-18H2,1-3H3. The topological polar surface area (TPSA) is 104 Å². The summed E-state index contributed by atoms with van der Waals surface area (Å²) < 4.78 is 80.1. The summed E-state index contributed by atoms with van der Waals surface area (Å²) in [6.45, 7) is 4.07. The van der Waals surface area contributed by atoms with E-state index in [1.807, 2.05) is 6.07 Å². The molecule has 1 aromatic heterocycles. The Labute approximate surface area is 252 Å². The number of aromatic nitrogens is 1. The molecule has 0 fully saturated rings. The molecule has 8 nitrogen and oxygen atoms in total. The molecule has 0 saturated heterocycles. The molecule has 4 aromatic rings. The summed E-state index contributed by atoms with van der Waals surface area (Å²) in [6, 6.07) is 18.0. The first-order valence-corrected chi connectivity index (χ1v) is 14.8. The van der Waals surface area contributed by atoms with E-state index in [-0.39, 0.29) is 27.3 Å². The highest BCUT2D eigenvalue weighted by Crippen LogP contribution is 2.39. The van der Waals surface area contributed by atoms with Gasteiger partial charge >= 0.3 is 22.5 Å². The second-order valence-corrected chi connectivity index (χ2v) is 12.8. The van der Waals surface area contributed by atoms with Gasteiger partial charge in [-0.05, 0) is 56.2 Å². The van der Waals surface area contributed by atoms with Gasteiger partial charge in [0, 0.05) is 34.2 Å². The van der Waals surface area contributed by atoms with Crippen LogP contribution in [0, 0.1) is 11.3 Å². The van der Waals surface area contributed by atoms with Gasteiger partial charge in [-0.3, -0.25) is 0 Å². The average Bonchev–Trinajstić information content (AvgIpc) is 3.27. The molecule has 3 aromatic carbocycles. The largest absolute Gasteiger partial charge is 0.443 e. The van der Waals surface area contributed by atoms with E-state index in [9.17, 15) is 31.6 Å². The Morgan fingerprint density at radius 1 is 1.05 bits per heavy atom. The number of carbonyl (C=O) groups excluding carboxylic acids is 1. The molecule has 4 rings (SSSR count). The van der Waals surface area contributed by atoms with Crippen LogP contribution >= 0.6 is 11.6 Å². The molecular weight excluding hydrogens is 605 g/mol. The Hall–Kier alpha value is -4.05. The molecule has 1 atom stereocenters.